The van der Waals surface area contributed by atoms with Crippen molar-refractivity contribution in [2.24, 2.45) is 0 Å². The van der Waals surface area contributed by atoms with E-state index in [-0.39, 0.29) is 12.1 Å². The summed E-state index contributed by atoms with van der Waals surface area (Å²) >= 11 is 0. The zero-order chi connectivity index (χ0) is 17.4. The van der Waals surface area contributed by atoms with Crippen LogP contribution in [-0.2, 0) is 12.8 Å². The Kier molecular flexibility index (Phi) is 4.40. The van der Waals surface area contributed by atoms with Crippen LogP contribution in [0.25, 0.3) is 0 Å². The fourth-order valence-electron chi connectivity index (χ4n) is 4.40. The molecule has 0 bridgehead atoms. The molecule has 0 amide bonds. The third-order valence-electron chi connectivity index (χ3n) is 5.85. The van der Waals surface area contributed by atoms with Crippen LogP contribution < -0.4 is 10.6 Å². The molecule has 0 radical (unpaired) electrons. The van der Waals surface area contributed by atoms with Crippen molar-refractivity contribution in [1.29, 1.82) is 0 Å². The maximum Gasteiger partial charge on any atom is 0.0739 e. The van der Waals surface area contributed by atoms with Crippen molar-refractivity contribution in [3.63, 3.8) is 0 Å². The lowest BCUT2D eigenvalue weighted by Gasteiger charge is -2.44. The highest BCUT2D eigenvalue weighted by Crippen LogP contribution is 2.29. The minimum atomic E-state index is -0.275. The smallest absolute Gasteiger partial charge is 0.0739 e. The lowest BCUT2D eigenvalue weighted by molar-refractivity contribution is 0.0394. The van der Waals surface area contributed by atoms with Gasteiger partial charge in [-0.05, 0) is 42.2 Å². The van der Waals surface area contributed by atoms with Crippen LogP contribution in [0.3, 0.4) is 0 Å². The summed E-state index contributed by atoms with van der Waals surface area (Å²) in [6.45, 7) is 6.04. The van der Waals surface area contributed by atoms with Crippen molar-refractivity contribution < 1.29 is 5.11 Å². The maximum atomic E-state index is 10.7. The van der Waals surface area contributed by atoms with Gasteiger partial charge in [0.1, 0.15) is 0 Å². The summed E-state index contributed by atoms with van der Waals surface area (Å²) in [5.41, 5.74) is 12.2. The lowest BCUT2D eigenvalue weighted by atomic mass is 9.83. The number of benzene rings is 2. The van der Waals surface area contributed by atoms with Crippen LogP contribution in [0.15, 0.2) is 42.5 Å². The highest BCUT2D eigenvalue weighted by atomic mass is 16.3. The minimum Gasteiger partial charge on any atom is -0.397 e. The summed E-state index contributed by atoms with van der Waals surface area (Å²) in [6.07, 6.45) is 1.45. The fraction of sp³-hybridized carbons (Fsp3) is 0.429. The predicted molar refractivity (Wildman–Crippen MR) is 103 cm³/mol. The van der Waals surface area contributed by atoms with E-state index >= 15 is 0 Å². The van der Waals surface area contributed by atoms with Gasteiger partial charge in [-0.3, -0.25) is 4.90 Å². The van der Waals surface area contributed by atoms with Crippen LogP contribution in [0.1, 0.15) is 16.7 Å². The molecule has 3 N–H and O–H groups in total. The van der Waals surface area contributed by atoms with Gasteiger partial charge in [0.15, 0.2) is 0 Å². The third-order valence-corrected chi connectivity index (χ3v) is 5.85. The Morgan fingerprint density at radius 2 is 1.72 bits per heavy atom. The van der Waals surface area contributed by atoms with Gasteiger partial charge >= 0.3 is 0 Å². The number of nitrogens with zero attached hydrogens (tertiary/aromatic N) is 2. The number of para-hydroxylation sites is 2. The number of anilines is 2. The van der Waals surface area contributed by atoms with E-state index in [0.717, 1.165) is 50.4 Å². The molecule has 2 atom stereocenters. The van der Waals surface area contributed by atoms with E-state index in [1.165, 1.54) is 16.7 Å². The summed E-state index contributed by atoms with van der Waals surface area (Å²) in [7, 11) is 0. The van der Waals surface area contributed by atoms with Crippen LogP contribution in [0.2, 0.25) is 0 Å². The van der Waals surface area contributed by atoms with Crippen molar-refractivity contribution in [1.82, 2.24) is 4.90 Å². The number of aryl methyl sites for hydroxylation is 1. The fourth-order valence-corrected chi connectivity index (χ4v) is 4.40. The highest BCUT2D eigenvalue weighted by Gasteiger charge is 2.33. The third kappa shape index (κ3) is 3.12. The molecule has 25 heavy (non-hydrogen) atoms. The first-order chi connectivity index (χ1) is 12.1. The number of aliphatic hydroxyl groups excluding tert-OH is 1. The number of rotatable bonds is 2. The number of fused-ring (bicyclic) bond motifs is 1. The number of piperazine rings is 1. The molecule has 1 aliphatic carbocycles. The van der Waals surface area contributed by atoms with Gasteiger partial charge in [0.25, 0.3) is 0 Å². The number of hydrogen-bond acceptors (Lipinski definition) is 4. The van der Waals surface area contributed by atoms with Gasteiger partial charge in [0.2, 0.25) is 0 Å². The Labute approximate surface area is 149 Å². The Bertz CT molecular complexity index is 753. The monoisotopic (exact) mass is 337 g/mol. The van der Waals surface area contributed by atoms with Crippen LogP contribution in [-0.4, -0.2) is 48.3 Å². The summed E-state index contributed by atoms with van der Waals surface area (Å²) < 4.78 is 0. The molecule has 0 aromatic heterocycles. The second kappa shape index (κ2) is 6.70. The zero-order valence-corrected chi connectivity index (χ0v) is 14.9. The van der Waals surface area contributed by atoms with Gasteiger partial charge in [-0.1, -0.05) is 30.3 Å². The summed E-state index contributed by atoms with van der Waals surface area (Å²) in [5.74, 6) is 0. The molecule has 1 aliphatic heterocycles. The largest absolute Gasteiger partial charge is 0.397 e. The molecule has 2 aliphatic rings. The van der Waals surface area contributed by atoms with Crippen molar-refractivity contribution in [3.8, 4) is 0 Å². The van der Waals surface area contributed by atoms with Gasteiger partial charge < -0.3 is 15.7 Å². The molecule has 132 valence electrons. The minimum absolute atomic E-state index is 0.226. The summed E-state index contributed by atoms with van der Waals surface area (Å²) in [6, 6.07) is 14.8. The van der Waals surface area contributed by atoms with Gasteiger partial charge in [0, 0.05) is 38.6 Å². The molecule has 0 spiro atoms. The maximum absolute atomic E-state index is 10.7. The standard InChI is InChI=1S/C21H27N3O/c1-15-5-4-6-16-13-21(25)20(14-17(15)16)24-11-9-23(10-12-24)19-8-3-2-7-18(19)22/h2-8,20-21,25H,9-14,22H2,1H3/t20-,21-/m1/s1. The van der Waals surface area contributed by atoms with Crippen LogP contribution >= 0.6 is 0 Å². The quantitative estimate of drug-likeness (QED) is 0.825. The van der Waals surface area contributed by atoms with Crippen LogP contribution in [0, 0.1) is 6.92 Å². The average Bonchev–Trinajstić information content (AvgIpc) is 2.62. The van der Waals surface area contributed by atoms with E-state index in [0.29, 0.717) is 0 Å². The van der Waals surface area contributed by atoms with Crippen LogP contribution in [0.4, 0.5) is 11.4 Å². The first-order valence-corrected chi connectivity index (χ1v) is 9.22. The molecule has 4 heteroatoms. The van der Waals surface area contributed by atoms with Crippen molar-refractivity contribution >= 4 is 11.4 Å². The Morgan fingerprint density at radius 1 is 0.960 bits per heavy atom. The first kappa shape index (κ1) is 16.4. The molecule has 0 unspecified atom stereocenters. The van der Waals surface area contributed by atoms with Gasteiger partial charge in [0.05, 0.1) is 17.5 Å². The molecule has 1 heterocycles. The number of nitrogen functional groups attached to an aromatic ring is 1. The second-order valence-electron chi connectivity index (χ2n) is 7.34. The summed E-state index contributed by atoms with van der Waals surface area (Å²) in [5, 5.41) is 10.7. The number of hydrogen-bond donors (Lipinski definition) is 2. The summed E-state index contributed by atoms with van der Waals surface area (Å²) in [4.78, 5) is 4.83. The SMILES string of the molecule is Cc1cccc2c1C[C@@H](N1CCN(c3ccccc3N)CC1)[C@H](O)C2. The average molecular weight is 337 g/mol. The van der Waals surface area contributed by atoms with E-state index in [1.54, 1.807) is 0 Å². The highest BCUT2D eigenvalue weighted by molar-refractivity contribution is 5.67. The Balaban J connectivity index is 1.46. The molecule has 2 aromatic carbocycles. The molecular weight excluding hydrogens is 310 g/mol. The lowest BCUT2D eigenvalue weighted by Crippen LogP contribution is -2.56. The predicted octanol–water partition coefficient (Wildman–Crippen LogP) is 2.23. The molecular formula is C21H27N3O. The van der Waals surface area contributed by atoms with E-state index in [2.05, 4.69) is 41.0 Å². The van der Waals surface area contributed by atoms with E-state index < -0.39 is 0 Å². The molecule has 2 aromatic rings. The van der Waals surface area contributed by atoms with E-state index in [1.807, 2.05) is 18.2 Å². The van der Waals surface area contributed by atoms with Crippen molar-refractivity contribution in [3.05, 3.63) is 59.2 Å². The molecule has 1 fully saturated rings. The number of nitrogens with two attached hydrogens (primary N) is 1. The van der Waals surface area contributed by atoms with Crippen molar-refractivity contribution in [2.45, 2.75) is 31.9 Å². The molecule has 4 rings (SSSR count). The van der Waals surface area contributed by atoms with Gasteiger partial charge in [-0.25, -0.2) is 0 Å². The number of aliphatic hydroxyl groups is 1. The molecule has 4 nitrogen and oxygen atoms in total. The Morgan fingerprint density at radius 3 is 2.48 bits per heavy atom. The van der Waals surface area contributed by atoms with Crippen LogP contribution in [0.5, 0.6) is 0 Å². The van der Waals surface area contributed by atoms with Gasteiger partial charge in [-0.2, -0.15) is 0 Å². The second-order valence-corrected chi connectivity index (χ2v) is 7.34. The van der Waals surface area contributed by atoms with Gasteiger partial charge in [-0.15, -0.1) is 0 Å². The van der Waals surface area contributed by atoms with Crippen molar-refractivity contribution in [2.75, 3.05) is 36.8 Å². The molecule has 1 saturated heterocycles. The zero-order valence-electron chi connectivity index (χ0n) is 14.9. The Hall–Kier alpha value is -2.04. The topological polar surface area (TPSA) is 52.7 Å². The normalized spacial score (nSPS) is 24.2. The van der Waals surface area contributed by atoms with E-state index in [9.17, 15) is 5.11 Å². The van der Waals surface area contributed by atoms with E-state index in [4.69, 9.17) is 5.73 Å². The first-order valence-electron chi connectivity index (χ1n) is 9.22. The molecule has 0 saturated carbocycles.